The topological polar surface area (TPSA) is 57.6 Å². The van der Waals surface area contributed by atoms with Gasteiger partial charge in [0.2, 0.25) is 10.0 Å². The molecule has 4 nitrogen and oxygen atoms in total. The van der Waals surface area contributed by atoms with Gasteiger partial charge in [0.1, 0.15) is 4.90 Å². The SMILES string of the molecule is O=S(=O)(c1cccc(Cl)c1F)N(CCCCO)C1CC1. The molecule has 1 aliphatic rings. The molecule has 1 aliphatic carbocycles. The Hall–Kier alpha value is -0.690. The van der Waals surface area contributed by atoms with Gasteiger partial charge in [-0.3, -0.25) is 0 Å². The maximum atomic E-state index is 14.0. The summed E-state index contributed by atoms with van der Waals surface area (Å²) in [5, 5.41) is 8.59. The average molecular weight is 322 g/mol. The lowest BCUT2D eigenvalue weighted by atomic mass is 10.3. The maximum absolute atomic E-state index is 14.0. The van der Waals surface area contributed by atoms with Crippen LogP contribution in [0, 0.1) is 5.82 Å². The number of aliphatic hydroxyl groups is 1. The Kier molecular flexibility index (Phi) is 5.01. The molecule has 0 amide bonds. The normalized spacial score (nSPS) is 15.8. The van der Waals surface area contributed by atoms with Crippen molar-refractivity contribution >= 4 is 21.6 Å². The summed E-state index contributed by atoms with van der Waals surface area (Å²) in [7, 11) is -3.88. The molecular formula is C13H17ClFNO3S. The minimum Gasteiger partial charge on any atom is -0.396 e. The standard InChI is InChI=1S/C13H17ClFNO3S/c14-11-4-3-5-12(13(11)15)20(18,19)16(10-6-7-10)8-1-2-9-17/h3-5,10,17H,1-2,6-9H2. The van der Waals surface area contributed by atoms with Gasteiger partial charge in [-0.05, 0) is 37.8 Å². The highest BCUT2D eigenvalue weighted by Gasteiger charge is 2.38. The Morgan fingerprint density at radius 1 is 1.35 bits per heavy atom. The molecule has 0 aromatic heterocycles. The summed E-state index contributed by atoms with van der Waals surface area (Å²) in [6, 6.07) is 3.93. The molecule has 0 bridgehead atoms. The Bertz CT molecular complexity index is 575. The van der Waals surface area contributed by atoms with Crippen LogP contribution >= 0.6 is 11.6 Å². The first-order valence-electron chi connectivity index (χ1n) is 6.55. The van der Waals surface area contributed by atoms with Crippen molar-refractivity contribution in [3.8, 4) is 0 Å². The molecule has 0 radical (unpaired) electrons. The van der Waals surface area contributed by atoms with E-state index in [1.165, 1.54) is 22.5 Å². The van der Waals surface area contributed by atoms with E-state index >= 15 is 0 Å². The molecule has 0 heterocycles. The van der Waals surface area contributed by atoms with Gasteiger partial charge in [0.05, 0.1) is 5.02 Å². The highest BCUT2D eigenvalue weighted by atomic mass is 35.5. The number of nitrogens with zero attached hydrogens (tertiary/aromatic N) is 1. The number of unbranched alkanes of at least 4 members (excludes halogenated alkanes) is 1. The van der Waals surface area contributed by atoms with Crippen molar-refractivity contribution in [2.45, 2.75) is 36.6 Å². The highest BCUT2D eigenvalue weighted by Crippen LogP contribution is 2.34. The van der Waals surface area contributed by atoms with Crippen LogP contribution in [0.15, 0.2) is 23.1 Å². The van der Waals surface area contributed by atoms with Crippen molar-refractivity contribution in [1.29, 1.82) is 0 Å². The van der Waals surface area contributed by atoms with Crippen molar-refractivity contribution in [2.24, 2.45) is 0 Å². The first-order valence-corrected chi connectivity index (χ1v) is 8.37. The van der Waals surface area contributed by atoms with Crippen LogP contribution in [0.2, 0.25) is 5.02 Å². The molecule has 1 saturated carbocycles. The minimum absolute atomic E-state index is 0.0179. The summed E-state index contributed by atoms with van der Waals surface area (Å²) in [5.41, 5.74) is 0. The lowest BCUT2D eigenvalue weighted by Crippen LogP contribution is -2.34. The van der Waals surface area contributed by atoms with E-state index in [0.29, 0.717) is 19.4 Å². The van der Waals surface area contributed by atoms with E-state index in [2.05, 4.69) is 0 Å². The molecule has 0 aliphatic heterocycles. The van der Waals surface area contributed by atoms with E-state index in [1.54, 1.807) is 0 Å². The van der Waals surface area contributed by atoms with E-state index in [9.17, 15) is 12.8 Å². The number of rotatable bonds is 7. The molecule has 1 aromatic carbocycles. The Labute approximate surface area is 123 Å². The summed E-state index contributed by atoms with van der Waals surface area (Å²) < 4.78 is 40.4. The van der Waals surface area contributed by atoms with E-state index in [-0.39, 0.29) is 22.6 Å². The first-order chi connectivity index (χ1) is 9.48. The summed E-state index contributed by atoms with van der Waals surface area (Å²) in [5.74, 6) is -0.901. The number of halogens is 2. The summed E-state index contributed by atoms with van der Waals surface area (Å²) in [6.07, 6.45) is 2.66. The molecule has 1 aromatic rings. The van der Waals surface area contributed by atoms with Crippen LogP contribution in [-0.2, 0) is 10.0 Å². The first kappa shape index (κ1) is 15.7. The molecule has 7 heteroatoms. The second-order valence-corrected chi connectivity index (χ2v) is 7.10. The number of benzene rings is 1. The third kappa shape index (κ3) is 3.31. The summed E-state index contributed by atoms with van der Waals surface area (Å²) >= 11 is 5.66. The second kappa shape index (κ2) is 6.39. The van der Waals surface area contributed by atoms with Crippen molar-refractivity contribution in [3.63, 3.8) is 0 Å². The van der Waals surface area contributed by atoms with Crippen LogP contribution in [0.1, 0.15) is 25.7 Å². The van der Waals surface area contributed by atoms with Crippen LogP contribution in [0.4, 0.5) is 4.39 Å². The van der Waals surface area contributed by atoms with Crippen LogP contribution in [0.3, 0.4) is 0 Å². The Morgan fingerprint density at radius 3 is 2.65 bits per heavy atom. The monoisotopic (exact) mass is 321 g/mol. The molecule has 0 atom stereocenters. The van der Waals surface area contributed by atoms with E-state index in [0.717, 1.165) is 12.8 Å². The van der Waals surface area contributed by atoms with Gasteiger partial charge in [0.25, 0.3) is 0 Å². The van der Waals surface area contributed by atoms with E-state index in [1.807, 2.05) is 0 Å². The Morgan fingerprint density at radius 2 is 2.05 bits per heavy atom. The lowest BCUT2D eigenvalue weighted by molar-refractivity contribution is 0.275. The van der Waals surface area contributed by atoms with Gasteiger partial charge in [0, 0.05) is 19.2 Å². The molecule has 0 spiro atoms. The molecule has 1 N–H and O–H groups in total. The molecule has 20 heavy (non-hydrogen) atoms. The largest absolute Gasteiger partial charge is 0.396 e. The lowest BCUT2D eigenvalue weighted by Gasteiger charge is -2.22. The molecule has 0 unspecified atom stereocenters. The van der Waals surface area contributed by atoms with Crippen molar-refractivity contribution in [2.75, 3.05) is 13.2 Å². The van der Waals surface area contributed by atoms with Gasteiger partial charge in [-0.1, -0.05) is 17.7 Å². The molecule has 1 fully saturated rings. The summed E-state index contributed by atoms with van der Waals surface area (Å²) in [6.45, 7) is 0.309. The number of aliphatic hydroxyl groups excluding tert-OH is 1. The van der Waals surface area contributed by atoms with Crippen LogP contribution < -0.4 is 0 Å². The van der Waals surface area contributed by atoms with Crippen molar-refractivity contribution in [3.05, 3.63) is 29.0 Å². The third-order valence-corrected chi connectivity index (χ3v) is 5.50. The van der Waals surface area contributed by atoms with Gasteiger partial charge in [-0.2, -0.15) is 4.31 Å². The molecule has 0 saturated heterocycles. The van der Waals surface area contributed by atoms with Crippen LogP contribution in [-0.4, -0.2) is 37.0 Å². The zero-order valence-corrected chi connectivity index (χ0v) is 12.5. The quantitative estimate of drug-likeness (QED) is 0.785. The fourth-order valence-electron chi connectivity index (χ4n) is 2.05. The predicted octanol–water partition coefficient (Wildman–Crippen LogP) is 2.40. The van der Waals surface area contributed by atoms with Crippen molar-refractivity contribution in [1.82, 2.24) is 4.31 Å². The Balaban J connectivity index is 2.28. The zero-order valence-electron chi connectivity index (χ0n) is 10.9. The van der Waals surface area contributed by atoms with Crippen LogP contribution in [0.5, 0.6) is 0 Å². The second-order valence-electron chi connectivity index (χ2n) is 4.83. The fourth-order valence-corrected chi connectivity index (χ4v) is 4.09. The van der Waals surface area contributed by atoms with Gasteiger partial charge < -0.3 is 5.11 Å². The maximum Gasteiger partial charge on any atom is 0.246 e. The van der Waals surface area contributed by atoms with Crippen LogP contribution in [0.25, 0.3) is 0 Å². The molecular weight excluding hydrogens is 305 g/mol. The zero-order chi connectivity index (χ0) is 14.8. The fraction of sp³-hybridized carbons (Fsp3) is 0.538. The highest BCUT2D eigenvalue weighted by molar-refractivity contribution is 7.89. The van der Waals surface area contributed by atoms with Gasteiger partial charge in [-0.25, -0.2) is 12.8 Å². The minimum atomic E-state index is -3.88. The molecule has 112 valence electrons. The molecule has 2 rings (SSSR count). The third-order valence-electron chi connectivity index (χ3n) is 3.24. The van der Waals surface area contributed by atoms with Crippen molar-refractivity contribution < 1.29 is 17.9 Å². The van der Waals surface area contributed by atoms with Gasteiger partial charge in [-0.15, -0.1) is 0 Å². The number of hydrogen-bond acceptors (Lipinski definition) is 3. The number of sulfonamides is 1. The summed E-state index contributed by atoms with van der Waals surface area (Å²) in [4.78, 5) is -0.374. The smallest absolute Gasteiger partial charge is 0.246 e. The van der Waals surface area contributed by atoms with E-state index < -0.39 is 15.8 Å². The van der Waals surface area contributed by atoms with Gasteiger partial charge >= 0.3 is 0 Å². The predicted molar refractivity (Wildman–Crippen MR) is 74.6 cm³/mol. The number of hydrogen-bond donors (Lipinski definition) is 1. The average Bonchev–Trinajstić information content (AvgIpc) is 3.22. The van der Waals surface area contributed by atoms with Gasteiger partial charge in [0.15, 0.2) is 5.82 Å². The van der Waals surface area contributed by atoms with E-state index in [4.69, 9.17) is 16.7 Å².